The normalized spacial score (nSPS) is 11.1. The van der Waals surface area contributed by atoms with Crippen molar-refractivity contribution in [3.8, 4) is 5.75 Å². The number of benzene rings is 3. The first-order chi connectivity index (χ1) is 13.6. The number of hydrogen-bond donors (Lipinski definition) is 0. The van der Waals surface area contributed by atoms with E-state index >= 15 is 0 Å². The van der Waals surface area contributed by atoms with Crippen LogP contribution in [0.25, 0.3) is 10.8 Å². The van der Waals surface area contributed by atoms with Crippen LogP contribution in [-0.2, 0) is 19.4 Å². The van der Waals surface area contributed by atoms with Crippen molar-refractivity contribution < 1.29 is 4.74 Å². The highest BCUT2D eigenvalue weighted by Crippen LogP contribution is 2.28. The standard InChI is InChI=1S/C23H23N3OS/c1-16-8-10-18(11-9-16)15-28-23-25-24-22(26(23)3)14-27-21-13-12-19-6-4-5-7-20(19)17(21)2/h4-13H,14-15H2,1-3H3. The van der Waals surface area contributed by atoms with Crippen LogP contribution in [0.5, 0.6) is 5.75 Å². The molecule has 1 heterocycles. The average Bonchev–Trinajstić information content (AvgIpc) is 3.07. The van der Waals surface area contributed by atoms with Crippen molar-refractivity contribution in [2.45, 2.75) is 31.4 Å². The van der Waals surface area contributed by atoms with Gasteiger partial charge in [-0.3, -0.25) is 0 Å². The zero-order valence-corrected chi connectivity index (χ0v) is 17.2. The van der Waals surface area contributed by atoms with Gasteiger partial charge in [-0.1, -0.05) is 71.9 Å². The molecule has 0 radical (unpaired) electrons. The van der Waals surface area contributed by atoms with Crippen LogP contribution in [-0.4, -0.2) is 14.8 Å². The lowest BCUT2D eigenvalue weighted by atomic mass is 10.0. The van der Waals surface area contributed by atoms with E-state index in [1.165, 1.54) is 21.9 Å². The molecule has 4 nitrogen and oxygen atoms in total. The Labute approximate surface area is 169 Å². The Morgan fingerprint density at radius 1 is 0.929 bits per heavy atom. The molecule has 0 N–H and O–H groups in total. The van der Waals surface area contributed by atoms with E-state index in [-0.39, 0.29) is 0 Å². The molecule has 0 aliphatic rings. The van der Waals surface area contributed by atoms with Crippen LogP contribution in [0.3, 0.4) is 0 Å². The summed E-state index contributed by atoms with van der Waals surface area (Å²) in [5.74, 6) is 2.58. The molecule has 0 bridgehead atoms. The third-order valence-electron chi connectivity index (χ3n) is 4.92. The molecule has 0 spiro atoms. The molecular weight excluding hydrogens is 366 g/mol. The molecule has 3 aromatic carbocycles. The fourth-order valence-corrected chi connectivity index (χ4v) is 4.02. The van der Waals surface area contributed by atoms with Crippen molar-refractivity contribution >= 4 is 22.5 Å². The van der Waals surface area contributed by atoms with Crippen LogP contribution in [0.4, 0.5) is 0 Å². The highest BCUT2D eigenvalue weighted by atomic mass is 32.2. The summed E-state index contributed by atoms with van der Waals surface area (Å²) in [6, 6.07) is 21.1. The van der Waals surface area contributed by atoms with E-state index in [1.807, 2.05) is 17.7 Å². The fraction of sp³-hybridized carbons (Fsp3) is 0.217. The smallest absolute Gasteiger partial charge is 0.191 e. The van der Waals surface area contributed by atoms with Crippen LogP contribution < -0.4 is 4.74 Å². The zero-order valence-electron chi connectivity index (χ0n) is 16.3. The van der Waals surface area contributed by atoms with Crippen LogP contribution >= 0.6 is 11.8 Å². The molecule has 5 heteroatoms. The fourth-order valence-electron chi connectivity index (χ4n) is 3.13. The number of nitrogens with zero attached hydrogens (tertiary/aromatic N) is 3. The van der Waals surface area contributed by atoms with E-state index in [0.29, 0.717) is 6.61 Å². The van der Waals surface area contributed by atoms with Crippen LogP contribution in [0.2, 0.25) is 0 Å². The number of thioether (sulfide) groups is 1. The lowest BCUT2D eigenvalue weighted by Crippen LogP contribution is -2.05. The minimum atomic E-state index is 0.397. The minimum absolute atomic E-state index is 0.397. The molecule has 0 atom stereocenters. The molecule has 0 unspecified atom stereocenters. The summed E-state index contributed by atoms with van der Waals surface area (Å²) in [7, 11) is 1.99. The predicted octanol–water partition coefficient (Wildman–Crippen LogP) is 5.46. The number of aromatic nitrogens is 3. The summed E-state index contributed by atoms with van der Waals surface area (Å²) in [6.45, 7) is 4.59. The molecule has 0 aliphatic heterocycles. The first-order valence-electron chi connectivity index (χ1n) is 9.29. The monoisotopic (exact) mass is 389 g/mol. The van der Waals surface area contributed by atoms with E-state index in [1.54, 1.807) is 11.8 Å². The maximum atomic E-state index is 6.07. The molecule has 4 aromatic rings. The molecule has 0 saturated carbocycles. The Morgan fingerprint density at radius 2 is 1.71 bits per heavy atom. The summed E-state index contributed by atoms with van der Waals surface area (Å²) in [6.07, 6.45) is 0. The second-order valence-corrected chi connectivity index (χ2v) is 7.87. The lowest BCUT2D eigenvalue weighted by Gasteiger charge is -2.11. The largest absolute Gasteiger partial charge is 0.485 e. The van der Waals surface area contributed by atoms with Gasteiger partial charge in [0.1, 0.15) is 12.4 Å². The molecule has 28 heavy (non-hydrogen) atoms. The van der Waals surface area contributed by atoms with E-state index in [9.17, 15) is 0 Å². The highest BCUT2D eigenvalue weighted by Gasteiger charge is 2.11. The zero-order chi connectivity index (χ0) is 19.5. The topological polar surface area (TPSA) is 39.9 Å². The van der Waals surface area contributed by atoms with Gasteiger partial charge in [0, 0.05) is 12.8 Å². The maximum Gasteiger partial charge on any atom is 0.191 e. The number of hydrogen-bond acceptors (Lipinski definition) is 4. The minimum Gasteiger partial charge on any atom is -0.485 e. The van der Waals surface area contributed by atoms with Crippen LogP contribution in [0.1, 0.15) is 22.5 Å². The molecule has 0 fully saturated rings. The molecular formula is C23H23N3OS. The predicted molar refractivity (Wildman–Crippen MR) is 115 cm³/mol. The van der Waals surface area contributed by atoms with Crippen LogP contribution in [0.15, 0.2) is 65.8 Å². The molecule has 1 aromatic heterocycles. The Kier molecular flexibility index (Phi) is 5.35. The lowest BCUT2D eigenvalue weighted by molar-refractivity contribution is 0.289. The van der Waals surface area contributed by atoms with Gasteiger partial charge in [0.25, 0.3) is 0 Å². The molecule has 0 amide bonds. The Balaban J connectivity index is 1.43. The number of ether oxygens (including phenoxy) is 1. The SMILES string of the molecule is Cc1ccc(CSc2nnc(COc3ccc4ccccc4c3C)n2C)cc1. The van der Waals surface area contributed by atoms with Crippen LogP contribution in [0, 0.1) is 13.8 Å². The molecule has 142 valence electrons. The Morgan fingerprint density at radius 3 is 2.54 bits per heavy atom. The van der Waals surface area contributed by atoms with Gasteiger partial charge in [-0.05, 0) is 41.8 Å². The van der Waals surface area contributed by atoms with Gasteiger partial charge in [-0.2, -0.15) is 0 Å². The van der Waals surface area contributed by atoms with Gasteiger partial charge in [0.2, 0.25) is 0 Å². The summed E-state index contributed by atoms with van der Waals surface area (Å²) in [5, 5.41) is 12.0. The van der Waals surface area contributed by atoms with Crippen molar-refractivity contribution in [1.82, 2.24) is 14.8 Å². The van der Waals surface area contributed by atoms with Gasteiger partial charge in [0.15, 0.2) is 11.0 Å². The summed E-state index contributed by atoms with van der Waals surface area (Å²) in [4.78, 5) is 0. The van der Waals surface area contributed by atoms with E-state index < -0.39 is 0 Å². The van der Waals surface area contributed by atoms with Crippen molar-refractivity contribution in [2.24, 2.45) is 7.05 Å². The van der Waals surface area contributed by atoms with Crippen molar-refractivity contribution in [2.75, 3.05) is 0 Å². The first kappa shape index (κ1) is 18.6. The maximum absolute atomic E-state index is 6.07. The van der Waals surface area contributed by atoms with E-state index in [4.69, 9.17) is 4.74 Å². The second-order valence-electron chi connectivity index (χ2n) is 6.93. The number of rotatable bonds is 6. The summed E-state index contributed by atoms with van der Waals surface area (Å²) in [5.41, 5.74) is 3.70. The summed E-state index contributed by atoms with van der Waals surface area (Å²) >= 11 is 1.69. The Hall–Kier alpha value is -2.79. The summed E-state index contributed by atoms with van der Waals surface area (Å²) < 4.78 is 8.08. The van der Waals surface area contributed by atoms with Gasteiger partial charge < -0.3 is 9.30 Å². The molecule has 0 aliphatic carbocycles. The third kappa shape index (κ3) is 3.90. The van der Waals surface area contributed by atoms with E-state index in [2.05, 4.69) is 78.6 Å². The third-order valence-corrected chi connectivity index (χ3v) is 6.01. The molecule has 4 rings (SSSR count). The second kappa shape index (κ2) is 8.07. The first-order valence-corrected chi connectivity index (χ1v) is 10.3. The van der Waals surface area contributed by atoms with Gasteiger partial charge >= 0.3 is 0 Å². The number of aryl methyl sites for hydroxylation is 2. The number of fused-ring (bicyclic) bond motifs is 1. The quantitative estimate of drug-likeness (QED) is 0.411. The highest BCUT2D eigenvalue weighted by molar-refractivity contribution is 7.98. The van der Waals surface area contributed by atoms with Crippen molar-refractivity contribution in [3.63, 3.8) is 0 Å². The molecule has 0 saturated heterocycles. The average molecular weight is 390 g/mol. The van der Waals surface area contributed by atoms with E-state index in [0.717, 1.165) is 28.0 Å². The van der Waals surface area contributed by atoms with Crippen molar-refractivity contribution in [3.05, 3.63) is 83.2 Å². The van der Waals surface area contributed by atoms with Gasteiger partial charge in [-0.25, -0.2) is 0 Å². The van der Waals surface area contributed by atoms with Crippen molar-refractivity contribution in [1.29, 1.82) is 0 Å². The van der Waals surface area contributed by atoms with Gasteiger partial charge in [0.05, 0.1) is 0 Å². The Bertz CT molecular complexity index is 1100. The van der Waals surface area contributed by atoms with Gasteiger partial charge in [-0.15, -0.1) is 10.2 Å².